The van der Waals surface area contributed by atoms with Gasteiger partial charge >= 0.3 is 0 Å². The molecule has 176 valence electrons. The third-order valence-electron chi connectivity index (χ3n) is 6.23. The first-order valence-electron chi connectivity index (χ1n) is 11.5. The van der Waals surface area contributed by atoms with E-state index in [1.807, 2.05) is 30.3 Å². The molecule has 1 amide bonds. The van der Waals surface area contributed by atoms with Crippen LogP contribution in [-0.4, -0.2) is 41.9 Å². The summed E-state index contributed by atoms with van der Waals surface area (Å²) in [5, 5.41) is 8.32. The number of aromatic nitrogens is 2. The second-order valence-electron chi connectivity index (χ2n) is 8.63. The second-order valence-corrected chi connectivity index (χ2v) is 10.2. The van der Waals surface area contributed by atoms with Crippen LogP contribution in [0.5, 0.6) is 0 Å². The maximum absolute atomic E-state index is 12.6. The highest BCUT2D eigenvalue weighted by atomic mass is 32.2. The van der Waals surface area contributed by atoms with Gasteiger partial charge in [-0.1, -0.05) is 31.5 Å². The number of hydrogen-bond donors (Lipinski definition) is 2. The van der Waals surface area contributed by atoms with Gasteiger partial charge in [-0.2, -0.15) is 0 Å². The number of sulfonamides is 1. The molecule has 0 unspecified atom stereocenters. The Morgan fingerprint density at radius 1 is 1.15 bits per heavy atom. The Bertz CT molecular complexity index is 1220. The number of benzene rings is 2. The average molecular weight is 470 g/mol. The van der Waals surface area contributed by atoms with E-state index in [9.17, 15) is 13.2 Å². The monoisotopic (exact) mass is 469 g/mol. The van der Waals surface area contributed by atoms with Gasteiger partial charge in [-0.25, -0.2) is 18.5 Å². The number of nitrogens with zero attached hydrogens (tertiary/aromatic N) is 3. The van der Waals surface area contributed by atoms with Gasteiger partial charge in [0.15, 0.2) is 0 Å². The third kappa shape index (κ3) is 5.61. The molecule has 0 spiro atoms. The van der Waals surface area contributed by atoms with Gasteiger partial charge in [0.1, 0.15) is 5.82 Å². The predicted molar refractivity (Wildman–Crippen MR) is 129 cm³/mol. The molecular formula is C24H31N5O3S. The summed E-state index contributed by atoms with van der Waals surface area (Å²) in [5.41, 5.74) is 2.39. The van der Waals surface area contributed by atoms with E-state index in [4.69, 9.17) is 10.1 Å². The normalized spacial score (nSPS) is 15.7. The van der Waals surface area contributed by atoms with Crippen LogP contribution in [0, 0.1) is 5.92 Å². The number of primary sulfonamides is 1. The summed E-state index contributed by atoms with van der Waals surface area (Å²) in [5.74, 6) is 0.987. The molecule has 1 saturated heterocycles. The number of nitrogens with one attached hydrogen (secondary N) is 1. The number of para-hydroxylation sites is 1. The molecule has 1 fully saturated rings. The van der Waals surface area contributed by atoms with Crippen LogP contribution < -0.4 is 10.5 Å². The first-order chi connectivity index (χ1) is 15.8. The van der Waals surface area contributed by atoms with E-state index in [1.54, 1.807) is 18.2 Å². The lowest BCUT2D eigenvalue weighted by Crippen LogP contribution is -2.38. The number of piperidine rings is 1. The number of aryl methyl sites for hydroxylation is 1. The van der Waals surface area contributed by atoms with E-state index in [1.165, 1.54) is 0 Å². The molecule has 4 rings (SSSR count). The summed E-state index contributed by atoms with van der Waals surface area (Å²) in [6, 6.07) is 14.4. The molecule has 0 saturated carbocycles. The van der Waals surface area contributed by atoms with Crippen LogP contribution in [0.25, 0.3) is 11.0 Å². The van der Waals surface area contributed by atoms with Crippen molar-refractivity contribution < 1.29 is 13.2 Å². The van der Waals surface area contributed by atoms with Gasteiger partial charge in [0.05, 0.1) is 22.5 Å². The van der Waals surface area contributed by atoms with Crippen LogP contribution in [0.15, 0.2) is 53.4 Å². The van der Waals surface area contributed by atoms with Crippen LogP contribution in [0.1, 0.15) is 38.4 Å². The highest BCUT2D eigenvalue weighted by Crippen LogP contribution is 2.24. The molecule has 2 heterocycles. The Labute approximate surface area is 194 Å². The largest absolute Gasteiger partial charge is 0.327 e. The average Bonchev–Trinajstić information content (AvgIpc) is 3.14. The molecule has 8 nitrogen and oxygen atoms in total. The maximum atomic E-state index is 12.6. The summed E-state index contributed by atoms with van der Waals surface area (Å²) in [6.07, 6.45) is 3.65. The standard InChI is InChI=1S/C24H31N5O3S/c1-2-3-13-29-22-10-9-20(33(25,31)32)16-21(22)27-23(29)17-28-14-11-18(12-15-28)24(30)26-19-7-5-4-6-8-19/h4-10,16,18H,2-3,11-15,17H2,1H3,(H,26,30)(H2,25,31,32). The third-order valence-corrected chi connectivity index (χ3v) is 7.14. The predicted octanol–water partition coefficient (Wildman–Crippen LogP) is 3.33. The summed E-state index contributed by atoms with van der Waals surface area (Å²) < 4.78 is 25.7. The highest BCUT2D eigenvalue weighted by molar-refractivity contribution is 7.89. The number of nitrogens with two attached hydrogens (primary N) is 1. The minimum absolute atomic E-state index is 0.00214. The van der Waals surface area contributed by atoms with Crippen molar-refractivity contribution in [2.24, 2.45) is 11.1 Å². The smallest absolute Gasteiger partial charge is 0.238 e. The Morgan fingerprint density at radius 3 is 2.55 bits per heavy atom. The summed E-state index contributed by atoms with van der Waals surface area (Å²) >= 11 is 0. The van der Waals surface area contributed by atoms with Crippen molar-refractivity contribution in [3.8, 4) is 0 Å². The van der Waals surface area contributed by atoms with Crippen molar-refractivity contribution in [1.82, 2.24) is 14.5 Å². The van der Waals surface area contributed by atoms with Gasteiger partial charge in [0.25, 0.3) is 0 Å². The number of anilines is 1. The van der Waals surface area contributed by atoms with Gasteiger partial charge in [-0.3, -0.25) is 9.69 Å². The number of carbonyl (C=O) groups excluding carboxylic acids is 1. The molecule has 0 bridgehead atoms. The molecule has 2 aromatic carbocycles. The fourth-order valence-electron chi connectivity index (χ4n) is 4.34. The van der Waals surface area contributed by atoms with E-state index in [0.717, 1.165) is 62.3 Å². The molecular weight excluding hydrogens is 438 g/mol. The second kappa shape index (κ2) is 10.0. The number of amides is 1. The minimum Gasteiger partial charge on any atom is -0.327 e. The first-order valence-corrected chi connectivity index (χ1v) is 13.0. The number of imidazole rings is 1. The topological polar surface area (TPSA) is 110 Å². The van der Waals surface area contributed by atoms with Crippen molar-refractivity contribution in [3.63, 3.8) is 0 Å². The Kier molecular flexibility index (Phi) is 7.11. The van der Waals surface area contributed by atoms with Gasteiger partial charge in [-0.05, 0) is 62.7 Å². The lowest BCUT2D eigenvalue weighted by Gasteiger charge is -2.31. The van der Waals surface area contributed by atoms with Crippen molar-refractivity contribution in [1.29, 1.82) is 0 Å². The van der Waals surface area contributed by atoms with E-state index in [2.05, 4.69) is 21.7 Å². The fourth-order valence-corrected chi connectivity index (χ4v) is 4.88. The molecule has 0 atom stereocenters. The number of rotatable bonds is 8. The Balaban J connectivity index is 1.45. The molecule has 0 radical (unpaired) electrons. The van der Waals surface area contributed by atoms with Gasteiger partial charge in [0, 0.05) is 18.2 Å². The summed E-state index contributed by atoms with van der Waals surface area (Å²) in [4.78, 5) is 19.8. The SMILES string of the molecule is CCCCn1c(CN2CCC(C(=O)Nc3ccccc3)CC2)nc2cc(S(N)(=O)=O)ccc21. The molecule has 3 N–H and O–H groups in total. The lowest BCUT2D eigenvalue weighted by molar-refractivity contribution is -0.121. The number of likely N-dealkylation sites (tertiary alicyclic amines) is 1. The molecule has 1 aromatic heterocycles. The first kappa shape index (κ1) is 23.4. The zero-order chi connectivity index (χ0) is 23.4. The molecule has 9 heteroatoms. The Morgan fingerprint density at radius 2 is 1.88 bits per heavy atom. The van der Waals surface area contributed by atoms with Crippen LogP contribution >= 0.6 is 0 Å². The molecule has 1 aliphatic heterocycles. The lowest BCUT2D eigenvalue weighted by atomic mass is 9.96. The number of unbranched alkanes of at least 4 members (excludes halogenated alkanes) is 1. The number of hydrogen-bond acceptors (Lipinski definition) is 5. The van der Waals surface area contributed by atoms with Crippen LogP contribution in [0.2, 0.25) is 0 Å². The Hall–Kier alpha value is -2.75. The van der Waals surface area contributed by atoms with E-state index >= 15 is 0 Å². The van der Waals surface area contributed by atoms with E-state index in [-0.39, 0.29) is 16.7 Å². The van der Waals surface area contributed by atoms with Gasteiger partial charge in [-0.15, -0.1) is 0 Å². The van der Waals surface area contributed by atoms with Crippen molar-refractivity contribution in [2.75, 3.05) is 18.4 Å². The maximum Gasteiger partial charge on any atom is 0.238 e. The van der Waals surface area contributed by atoms with Crippen molar-refractivity contribution in [3.05, 3.63) is 54.4 Å². The zero-order valence-electron chi connectivity index (χ0n) is 18.9. The van der Waals surface area contributed by atoms with Crippen LogP contribution in [0.4, 0.5) is 5.69 Å². The zero-order valence-corrected chi connectivity index (χ0v) is 19.7. The molecule has 3 aromatic rings. The number of carbonyl (C=O) groups is 1. The van der Waals surface area contributed by atoms with Gasteiger partial charge in [0.2, 0.25) is 15.9 Å². The van der Waals surface area contributed by atoms with E-state index < -0.39 is 10.0 Å². The highest BCUT2D eigenvalue weighted by Gasteiger charge is 2.26. The molecule has 0 aliphatic carbocycles. The summed E-state index contributed by atoms with van der Waals surface area (Å²) in [7, 11) is -3.78. The molecule has 33 heavy (non-hydrogen) atoms. The minimum atomic E-state index is -3.78. The van der Waals surface area contributed by atoms with Crippen molar-refractivity contribution >= 4 is 32.7 Å². The van der Waals surface area contributed by atoms with E-state index in [0.29, 0.717) is 12.1 Å². The molecule has 1 aliphatic rings. The van der Waals surface area contributed by atoms with Crippen LogP contribution in [0.3, 0.4) is 0 Å². The summed E-state index contributed by atoms with van der Waals surface area (Å²) in [6.45, 7) is 5.25. The van der Waals surface area contributed by atoms with Gasteiger partial charge < -0.3 is 9.88 Å². The quantitative estimate of drug-likeness (QED) is 0.526. The number of fused-ring (bicyclic) bond motifs is 1. The van der Waals surface area contributed by atoms with Crippen molar-refractivity contribution in [2.45, 2.75) is 50.6 Å². The fraction of sp³-hybridized carbons (Fsp3) is 0.417. The van der Waals surface area contributed by atoms with Crippen LogP contribution in [-0.2, 0) is 27.9 Å².